The van der Waals surface area contributed by atoms with Crippen molar-refractivity contribution in [1.29, 1.82) is 0 Å². The minimum atomic E-state index is -3.58. The molecule has 11 heteroatoms. The fourth-order valence-electron chi connectivity index (χ4n) is 4.27. The van der Waals surface area contributed by atoms with Crippen molar-refractivity contribution in [3.05, 3.63) is 41.3 Å². The van der Waals surface area contributed by atoms with Crippen LogP contribution in [0.3, 0.4) is 0 Å². The molecule has 3 heterocycles. The molecule has 2 aromatic rings. The van der Waals surface area contributed by atoms with Gasteiger partial charge in [-0.1, -0.05) is 17.6 Å². The van der Waals surface area contributed by atoms with E-state index in [1.807, 2.05) is 11.8 Å². The Morgan fingerprint density at radius 2 is 1.71 bits per heavy atom. The van der Waals surface area contributed by atoms with Crippen molar-refractivity contribution in [3.63, 3.8) is 0 Å². The summed E-state index contributed by atoms with van der Waals surface area (Å²) in [6, 6.07) is 6.49. The number of aryl methyl sites for hydroxylation is 2. The Morgan fingerprint density at radius 3 is 2.35 bits per heavy atom. The minimum absolute atomic E-state index is 0.159. The molecule has 2 aliphatic rings. The number of nitrogens with one attached hydrogen (secondary N) is 1. The Labute approximate surface area is 199 Å². The first kappa shape index (κ1) is 24.4. The molecule has 1 aromatic heterocycles. The SMILES string of the molecule is Cc1cc(C(=O)N2CCN(CC(=O)Nc3cc(S(=O)(=O)N4CCCCC4)ccc3C)CC2)on1. The van der Waals surface area contributed by atoms with Crippen LogP contribution in [0.15, 0.2) is 33.7 Å². The van der Waals surface area contributed by atoms with Gasteiger partial charge in [-0.05, 0) is 44.4 Å². The van der Waals surface area contributed by atoms with Crippen LogP contribution in [0, 0.1) is 13.8 Å². The highest BCUT2D eigenvalue weighted by Crippen LogP contribution is 2.25. The molecule has 0 aliphatic carbocycles. The fourth-order valence-corrected chi connectivity index (χ4v) is 5.82. The Morgan fingerprint density at radius 1 is 1.00 bits per heavy atom. The average molecular weight is 490 g/mol. The van der Waals surface area contributed by atoms with Gasteiger partial charge in [0.1, 0.15) is 0 Å². The van der Waals surface area contributed by atoms with Gasteiger partial charge < -0.3 is 14.7 Å². The Balaban J connectivity index is 1.33. The standard InChI is InChI=1S/C23H31N5O5S/c1-17-6-7-19(34(31,32)28-8-4-3-5-9-28)15-20(17)24-22(29)16-26-10-12-27(13-11-26)23(30)21-14-18(2)25-33-21/h6-7,14-15H,3-5,8-13,16H2,1-2H3,(H,24,29). The minimum Gasteiger partial charge on any atom is -0.351 e. The number of hydrogen-bond acceptors (Lipinski definition) is 7. The number of benzene rings is 1. The van der Waals surface area contributed by atoms with Gasteiger partial charge in [0.2, 0.25) is 21.7 Å². The van der Waals surface area contributed by atoms with Gasteiger partial charge in [-0.25, -0.2) is 8.42 Å². The van der Waals surface area contributed by atoms with Crippen molar-refractivity contribution in [2.75, 3.05) is 51.1 Å². The van der Waals surface area contributed by atoms with Crippen LogP contribution in [-0.2, 0) is 14.8 Å². The van der Waals surface area contributed by atoms with Crippen molar-refractivity contribution in [3.8, 4) is 0 Å². The lowest BCUT2D eigenvalue weighted by Crippen LogP contribution is -2.50. The Kier molecular flexibility index (Phi) is 7.34. The first-order chi connectivity index (χ1) is 16.2. The first-order valence-corrected chi connectivity index (χ1v) is 13.0. The highest BCUT2D eigenvalue weighted by molar-refractivity contribution is 7.89. The zero-order valence-corrected chi connectivity index (χ0v) is 20.4. The number of carbonyl (C=O) groups is 2. The smallest absolute Gasteiger partial charge is 0.292 e. The zero-order valence-electron chi connectivity index (χ0n) is 19.6. The van der Waals surface area contributed by atoms with E-state index < -0.39 is 10.0 Å². The van der Waals surface area contributed by atoms with Gasteiger partial charge in [0.05, 0.1) is 17.1 Å². The first-order valence-electron chi connectivity index (χ1n) is 11.6. The third-order valence-corrected chi connectivity index (χ3v) is 8.20. The van der Waals surface area contributed by atoms with Gasteiger partial charge in [-0.15, -0.1) is 0 Å². The normalized spacial score (nSPS) is 18.1. The predicted molar refractivity (Wildman–Crippen MR) is 126 cm³/mol. The van der Waals surface area contributed by atoms with E-state index >= 15 is 0 Å². The number of rotatable bonds is 6. The number of amides is 2. The third-order valence-electron chi connectivity index (χ3n) is 6.30. The molecule has 0 unspecified atom stereocenters. The number of piperidine rings is 1. The molecule has 0 radical (unpaired) electrons. The molecular formula is C23H31N5O5S. The van der Waals surface area contributed by atoms with E-state index in [1.165, 1.54) is 4.31 Å². The molecule has 2 saturated heterocycles. The molecule has 0 bridgehead atoms. The maximum atomic E-state index is 13.0. The summed E-state index contributed by atoms with van der Waals surface area (Å²) in [5, 5.41) is 6.62. The second kappa shape index (κ2) is 10.2. The lowest BCUT2D eigenvalue weighted by Gasteiger charge is -2.33. The van der Waals surface area contributed by atoms with Gasteiger partial charge >= 0.3 is 0 Å². The van der Waals surface area contributed by atoms with E-state index in [9.17, 15) is 18.0 Å². The summed E-state index contributed by atoms with van der Waals surface area (Å²) in [5.74, 6) is -0.202. The number of aromatic nitrogens is 1. The van der Waals surface area contributed by atoms with Gasteiger partial charge in [0, 0.05) is 51.0 Å². The van der Waals surface area contributed by atoms with Crippen LogP contribution < -0.4 is 5.32 Å². The number of carbonyl (C=O) groups excluding carboxylic acids is 2. The van der Waals surface area contributed by atoms with Crippen molar-refractivity contribution < 1.29 is 22.5 Å². The van der Waals surface area contributed by atoms with E-state index in [2.05, 4.69) is 10.5 Å². The van der Waals surface area contributed by atoms with Gasteiger partial charge in [0.25, 0.3) is 5.91 Å². The third kappa shape index (κ3) is 5.48. The summed E-state index contributed by atoms with van der Waals surface area (Å²) >= 11 is 0. The van der Waals surface area contributed by atoms with E-state index in [0.29, 0.717) is 50.6 Å². The molecule has 0 saturated carbocycles. The van der Waals surface area contributed by atoms with Crippen LogP contribution in [0.4, 0.5) is 5.69 Å². The molecule has 2 fully saturated rings. The summed E-state index contributed by atoms with van der Waals surface area (Å²) < 4.78 is 32.6. The molecule has 1 N–H and O–H groups in total. The summed E-state index contributed by atoms with van der Waals surface area (Å²) in [6.07, 6.45) is 2.78. The molecule has 4 rings (SSSR count). The summed E-state index contributed by atoms with van der Waals surface area (Å²) in [5.41, 5.74) is 1.95. The van der Waals surface area contributed by atoms with Crippen LogP contribution in [0.5, 0.6) is 0 Å². The number of nitrogens with zero attached hydrogens (tertiary/aromatic N) is 4. The number of sulfonamides is 1. The van der Waals surface area contributed by atoms with E-state index in [-0.39, 0.29) is 29.0 Å². The fraction of sp³-hybridized carbons (Fsp3) is 0.522. The van der Waals surface area contributed by atoms with Crippen LogP contribution in [0.25, 0.3) is 0 Å². The molecule has 0 spiro atoms. The maximum absolute atomic E-state index is 13.0. The average Bonchev–Trinajstić information content (AvgIpc) is 3.27. The molecule has 10 nitrogen and oxygen atoms in total. The van der Waals surface area contributed by atoms with Crippen molar-refractivity contribution in [2.45, 2.75) is 38.0 Å². The molecule has 0 atom stereocenters. The van der Waals surface area contributed by atoms with E-state index in [0.717, 1.165) is 24.8 Å². The summed E-state index contributed by atoms with van der Waals surface area (Å²) in [4.78, 5) is 29.1. The Bertz CT molecular complexity index is 1150. The molecule has 2 aliphatic heterocycles. The molecule has 1 aromatic carbocycles. The topological polar surface area (TPSA) is 116 Å². The lowest BCUT2D eigenvalue weighted by molar-refractivity contribution is -0.117. The monoisotopic (exact) mass is 489 g/mol. The van der Waals surface area contributed by atoms with Crippen LogP contribution in [0.1, 0.15) is 41.1 Å². The van der Waals surface area contributed by atoms with Gasteiger partial charge in [-0.3, -0.25) is 14.5 Å². The molecule has 2 amide bonds. The summed E-state index contributed by atoms with van der Waals surface area (Å²) in [6.45, 7) is 6.88. The van der Waals surface area contributed by atoms with Gasteiger partial charge in [-0.2, -0.15) is 4.31 Å². The van der Waals surface area contributed by atoms with Crippen LogP contribution in [0.2, 0.25) is 0 Å². The van der Waals surface area contributed by atoms with E-state index in [4.69, 9.17) is 4.52 Å². The summed E-state index contributed by atoms with van der Waals surface area (Å²) in [7, 11) is -3.58. The van der Waals surface area contributed by atoms with Crippen LogP contribution in [-0.4, -0.2) is 85.3 Å². The Hall–Kier alpha value is -2.76. The van der Waals surface area contributed by atoms with Crippen molar-refractivity contribution in [1.82, 2.24) is 19.3 Å². The van der Waals surface area contributed by atoms with Crippen molar-refractivity contribution in [2.24, 2.45) is 0 Å². The highest BCUT2D eigenvalue weighted by Gasteiger charge is 2.28. The quantitative estimate of drug-likeness (QED) is 0.658. The number of anilines is 1. The molecular weight excluding hydrogens is 458 g/mol. The van der Waals surface area contributed by atoms with Crippen molar-refractivity contribution >= 4 is 27.5 Å². The lowest BCUT2D eigenvalue weighted by atomic mass is 10.2. The van der Waals surface area contributed by atoms with Gasteiger partial charge in [0.15, 0.2) is 0 Å². The molecule has 34 heavy (non-hydrogen) atoms. The maximum Gasteiger partial charge on any atom is 0.292 e. The zero-order chi connectivity index (χ0) is 24.3. The second-order valence-corrected chi connectivity index (χ2v) is 10.8. The molecule has 184 valence electrons. The predicted octanol–water partition coefficient (Wildman–Crippen LogP) is 1.86. The number of hydrogen-bond donors (Lipinski definition) is 1. The number of piperazine rings is 1. The second-order valence-electron chi connectivity index (χ2n) is 8.89. The largest absolute Gasteiger partial charge is 0.351 e. The van der Waals surface area contributed by atoms with E-state index in [1.54, 1.807) is 36.1 Å². The highest BCUT2D eigenvalue weighted by atomic mass is 32.2. The van der Waals surface area contributed by atoms with Crippen LogP contribution >= 0.6 is 0 Å².